The number of benzene rings is 1. The maximum atomic E-state index is 13.7. The molecule has 1 aliphatic rings. The van der Waals surface area contributed by atoms with Crippen molar-refractivity contribution in [1.29, 1.82) is 0 Å². The Balaban J connectivity index is 2.06. The predicted molar refractivity (Wildman–Crippen MR) is 72.9 cm³/mol. The fourth-order valence-electron chi connectivity index (χ4n) is 2.93. The molecule has 2 nitrogen and oxygen atoms in total. The highest BCUT2D eigenvalue weighted by Gasteiger charge is 2.22. The third-order valence-electron chi connectivity index (χ3n) is 4.04. The van der Waals surface area contributed by atoms with Crippen molar-refractivity contribution >= 4 is 5.97 Å². The Bertz CT molecular complexity index is 474. The van der Waals surface area contributed by atoms with Crippen molar-refractivity contribution in [3.8, 4) is 0 Å². The lowest BCUT2D eigenvalue weighted by Gasteiger charge is -2.28. The second-order valence-electron chi connectivity index (χ2n) is 5.29. The number of halogens is 1. The lowest BCUT2D eigenvalue weighted by molar-refractivity contribution is 0.0692. The second-order valence-corrected chi connectivity index (χ2v) is 5.29. The van der Waals surface area contributed by atoms with E-state index < -0.39 is 11.8 Å². The number of carboxylic acids is 1. The van der Waals surface area contributed by atoms with Gasteiger partial charge in [0, 0.05) is 0 Å². The molecule has 0 bridgehead atoms. The number of carboxylic acid groups (broad SMARTS) is 1. The van der Waals surface area contributed by atoms with Crippen LogP contribution in [0.2, 0.25) is 0 Å². The van der Waals surface area contributed by atoms with Gasteiger partial charge in [-0.1, -0.05) is 12.1 Å². The summed E-state index contributed by atoms with van der Waals surface area (Å²) in [6.45, 7) is 3.76. The zero-order valence-corrected chi connectivity index (χ0v) is 10.9. The summed E-state index contributed by atoms with van der Waals surface area (Å²) in [5.41, 5.74) is 0.684. The Morgan fingerprint density at radius 3 is 2.58 bits per heavy atom. The van der Waals surface area contributed by atoms with E-state index in [-0.39, 0.29) is 5.56 Å². The molecule has 2 rings (SSSR count). The van der Waals surface area contributed by atoms with Crippen molar-refractivity contribution in [2.45, 2.75) is 38.0 Å². The Morgan fingerprint density at radius 1 is 1.37 bits per heavy atom. The largest absolute Gasteiger partial charge is 0.478 e. The molecular weight excluding hydrogens is 243 g/mol. The highest BCUT2D eigenvalue weighted by atomic mass is 19.1. The molecule has 1 saturated carbocycles. The van der Waals surface area contributed by atoms with Crippen LogP contribution in [0.4, 0.5) is 4.39 Å². The molecule has 0 atom stereocenters. The molecule has 0 aromatic heterocycles. The van der Waals surface area contributed by atoms with Gasteiger partial charge in [0.25, 0.3) is 0 Å². The lowest BCUT2D eigenvalue weighted by Crippen LogP contribution is -2.13. The van der Waals surface area contributed by atoms with E-state index >= 15 is 0 Å². The quantitative estimate of drug-likeness (QED) is 0.818. The molecule has 1 N–H and O–H groups in total. The number of rotatable bonds is 4. The molecule has 1 aromatic carbocycles. The summed E-state index contributed by atoms with van der Waals surface area (Å²) in [5, 5.41) is 8.81. The highest BCUT2D eigenvalue weighted by molar-refractivity contribution is 5.87. The van der Waals surface area contributed by atoms with E-state index in [2.05, 4.69) is 6.58 Å². The Kier molecular flexibility index (Phi) is 4.35. The molecule has 102 valence electrons. The van der Waals surface area contributed by atoms with Crippen LogP contribution in [0.15, 0.2) is 30.9 Å². The second kappa shape index (κ2) is 6.00. The number of hydrogen-bond acceptors (Lipinski definition) is 1. The fourth-order valence-corrected chi connectivity index (χ4v) is 2.93. The van der Waals surface area contributed by atoms with Crippen LogP contribution in [-0.4, -0.2) is 11.1 Å². The average molecular weight is 262 g/mol. The van der Waals surface area contributed by atoms with Crippen LogP contribution in [0.25, 0.3) is 0 Å². The van der Waals surface area contributed by atoms with Gasteiger partial charge in [0.1, 0.15) is 5.82 Å². The smallest absolute Gasteiger partial charge is 0.338 e. The Labute approximate surface area is 113 Å². The van der Waals surface area contributed by atoms with Gasteiger partial charge in [-0.15, -0.1) is 6.58 Å². The van der Waals surface area contributed by atoms with E-state index in [4.69, 9.17) is 5.11 Å². The van der Waals surface area contributed by atoms with E-state index in [0.29, 0.717) is 11.8 Å². The molecule has 0 radical (unpaired) electrons. The zero-order chi connectivity index (χ0) is 13.8. The Morgan fingerprint density at radius 2 is 2.05 bits per heavy atom. The standard InChI is InChI=1S/C16H19FO2/c1-2-3-11-4-6-12(7-5-11)13-8-9-14(16(18)19)15(17)10-13/h2,8-12H,1,3-7H2,(H,18,19)/t11-,12-. The summed E-state index contributed by atoms with van der Waals surface area (Å²) >= 11 is 0. The van der Waals surface area contributed by atoms with Crippen molar-refractivity contribution in [2.75, 3.05) is 0 Å². The van der Waals surface area contributed by atoms with Crippen LogP contribution in [0.1, 0.15) is 53.9 Å². The molecule has 1 aliphatic carbocycles. The van der Waals surface area contributed by atoms with Gasteiger partial charge < -0.3 is 5.11 Å². The maximum Gasteiger partial charge on any atom is 0.338 e. The minimum absolute atomic E-state index is 0.246. The molecule has 3 heteroatoms. The topological polar surface area (TPSA) is 37.3 Å². The van der Waals surface area contributed by atoms with Crippen LogP contribution in [-0.2, 0) is 0 Å². The van der Waals surface area contributed by atoms with Crippen LogP contribution in [0, 0.1) is 11.7 Å². The summed E-state index contributed by atoms with van der Waals surface area (Å²) in [6, 6.07) is 4.52. The van der Waals surface area contributed by atoms with Crippen molar-refractivity contribution in [1.82, 2.24) is 0 Å². The highest BCUT2D eigenvalue weighted by Crippen LogP contribution is 2.37. The van der Waals surface area contributed by atoms with Crippen LogP contribution >= 0.6 is 0 Å². The first-order valence-electron chi connectivity index (χ1n) is 6.75. The molecule has 0 spiro atoms. The number of carbonyl (C=O) groups is 1. The third kappa shape index (κ3) is 3.22. The van der Waals surface area contributed by atoms with E-state index in [0.717, 1.165) is 37.7 Å². The molecule has 0 saturated heterocycles. The summed E-state index contributed by atoms with van der Waals surface area (Å²) in [5.74, 6) is -0.771. The van der Waals surface area contributed by atoms with E-state index in [9.17, 15) is 9.18 Å². The van der Waals surface area contributed by atoms with E-state index in [1.54, 1.807) is 6.07 Å². The van der Waals surface area contributed by atoms with Gasteiger partial charge in [0.2, 0.25) is 0 Å². The number of allylic oxidation sites excluding steroid dienone is 1. The summed E-state index contributed by atoms with van der Waals surface area (Å²) in [6.07, 6.45) is 7.39. The summed E-state index contributed by atoms with van der Waals surface area (Å²) < 4.78 is 13.7. The SMILES string of the molecule is C=CC[C@H]1CC[C@H](c2ccc(C(=O)O)c(F)c2)CC1. The van der Waals surface area contributed by atoms with Crippen molar-refractivity contribution < 1.29 is 14.3 Å². The normalized spacial score (nSPS) is 23.0. The molecule has 0 unspecified atom stereocenters. The predicted octanol–water partition coefficient (Wildman–Crippen LogP) is 4.37. The van der Waals surface area contributed by atoms with E-state index in [1.807, 2.05) is 6.08 Å². The third-order valence-corrected chi connectivity index (χ3v) is 4.04. The minimum Gasteiger partial charge on any atom is -0.478 e. The molecule has 1 fully saturated rings. The van der Waals surface area contributed by atoms with Gasteiger partial charge >= 0.3 is 5.97 Å². The van der Waals surface area contributed by atoms with Crippen molar-refractivity contribution in [3.05, 3.63) is 47.8 Å². The van der Waals surface area contributed by atoms with Crippen LogP contribution in [0.3, 0.4) is 0 Å². The van der Waals surface area contributed by atoms with Gasteiger partial charge in [-0.3, -0.25) is 0 Å². The lowest BCUT2D eigenvalue weighted by atomic mass is 9.77. The molecular formula is C16H19FO2. The molecule has 1 aromatic rings. The van der Waals surface area contributed by atoms with E-state index in [1.165, 1.54) is 12.1 Å². The first-order valence-corrected chi connectivity index (χ1v) is 6.75. The van der Waals surface area contributed by atoms with Crippen molar-refractivity contribution in [2.24, 2.45) is 5.92 Å². The first kappa shape index (κ1) is 13.8. The van der Waals surface area contributed by atoms with Gasteiger partial charge in [0.05, 0.1) is 5.56 Å². The average Bonchev–Trinajstić information content (AvgIpc) is 2.39. The maximum absolute atomic E-state index is 13.7. The fraction of sp³-hybridized carbons (Fsp3) is 0.438. The summed E-state index contributed by atoms with van der Waals surface area (Å²) in [7, 11) is 0. The van der Waals surface area contributed by atoms with Gasteiger partial charge in [-0.25, -0.2) is 9.18 Å². The molecule has 0 amide bonds. The van der Waals surface area contributed by atoms with Crippen LogP contribution < -0.4 is 0 Å². The zero-order valence-electron chi connectivity index (χ0n) is 10.9. The van der Waals surface area contributed by atoms with Crippen molar-refractivity contribution in [3.63, 3.8) is 0 Å². The molecule has 19 heavy (non-hydrogen) atoms. The Hall–Kier alpha value is -1.64. The number of aromatic carboxylic acids is 1. The van der Waals surface area contributed by atoms with Gasteiger partial charge in [-0.2, -0.15) is 0 Å². The summed E-state index contributed by atoms with van der Waals surface area (Å²) in [4.78, 5) is 10.8. The monoisotopic (exact) mass is 262 g/mol. The first-order chi connectivity index (χ1) is 9.11. The minimum atomic E-state index is -1.21. The van der Waals surface area contributed by atoms with Gasteiger partial charge in [0.15, 0.2) is 0 Å². The van der Waals surface area contributed by atoms with Gasteiger partial charge in [-0.05, 0) is 61.6 Å². The molecule has 0 aliphatic heterocycles. The van der Waals surface area contributed by atoms with Crippen LogP contribution in [0.5, 0.6) is 0 Å². The molecule has 0 heterocycles. The number of hydrogen-bond donors (Lipinski definition) is 1.